The molecule has 2 unspecified atom stereocenters. The van der Waals surface area contributed by atoms with Crippen molar-refractivity contribution in [1.29, 1.82) is 0 Å². The predicted octanol–water partition coefficient (Wildman–Crippen LogP) is 1.78. The van der Waals surface area contributed by atoms with Gasteiger partial charge in [0.05, 0.1) is 5.92 Å². The Hall–Kier alpha value is -2.87. The molecular weight excluding hydrogens is 384 g/mol. The Kier molecular flexibility index (Phi) is 7.10. The quantitative estimate of drug-likeness (QED) is 0.524. The monoisotopic (exact) mass is 414 g/mol. The number of aryl methyl sites for hydroxylation is 1. The summed E-state index contributed by atoms with van der Waals surface area (Å²) in [5, 5.41) is 16.0. The molecule has 3 atom stereocenters. The number of rotatable bonds is 8. The van der Waals surface area contributed by atoms with Crippen LogP contribution < -0.4 is 16.4 Å². The minimum Gasteiger partial charge on any atom is -0.481 e. The van der Waals surface area contributed by atoms with Crippen LogP contribution in [0, 0.1) is 5.92 Å². The molecule has 2 amide bonds. The van der Waals surface area contributed by atoms with Gasteiger partial charge in [0, 0.05) is 24.0 Å². The van der Waals surface area contributed by atoms with Crippen LogP contribution in [0.4, 0.5) is 0 Å². The second-order valence-electron chi connectivity index (χ2n) is 8.01. The van der Waals surface area contributed by atoms with Gasteiger partial charge in [-0.25, -0.2) is 0 Å². The number of hydrogen-bond acceptors (Lipinski definition) is 4. The summed E-state index contributed by atoms with van der Waals surface area (Å²) >= 11 is 0. The summed E-state index contributed by atoms with van der Waals surface area (Å²) in [5.74, 6) is -1.86. The van der Waals surface area contributed by atoms with E-state index in [-0.39, 0.29) is 17.9 Å². The first kappa shape index (κ1) is 21.8. The number of para-hydroxylation sites is 1. The predicted molar refractivity (Wildman–Crippen MR) is 114 cm³/mol. The van der Waals surface area contributed by atoms with Gasteiger partial charge in [-0.15, -0.1) is 0 Å². The second-order valence-corrected chi connectivity index (χ2v) is 8.01. The van der Waals surface area contributed by atoms with Gasteiger partial charge in [-0.1, -0.05) is 24.6 Å². The average molecular weight is 415 g/mol. The van der Waals surface area contributed by atoms with Crippen molar-refractivity contribution >= 4 is 28.7 Å². The van der Waals surface area contributed by atoms with Crippen LogP contribution in [0.3, 0.4) is 0 Å². The first-order valence-electron chi connectivity index (χ1n) is 10.5. The molecule has 1 aliphatic carbocycles. The van der Waals surface area contributed by atoms with E-state index in [1.54, 1.807) is 10.6 Å². The molecule has 1 aromatic heterocycles. The topological polar surface area (TPSA) is 126 Å². The number of carboxylic acids is 1. The van der Waals surface area contributed by atoms with Crippen molar-refractivity contribution in [1.82, 2.24) is 15.2 Å². The molecule has 1 saturated carbocycles. The second kappa shape index (κ2) is 9.75. The van der Waals surface area contributed by atoms with Crippen LogP contribution in [-0.4, -0.2) is 46.1 Å². The van der Waals surface area contributed by atoms with Crippen molar-refractivity contribution in [2.24, 2.45) is 18.7 Å². The first-order chi connectivity index (χ1) is 14.4. The minimum atomic E-state index is -0.822. The third kappa shape index (κ3) is 4.99. The largest absolute Gasteiger partial charge is 0.481 e. The van der Waals surface area contributed by atoms with E-state index in [2.05, 4.69) is 10.6 Å². The molecule has 0 radical (unpaired) electrons. The minimum absolute atomic E-state index is 0.192. The summed E-state index contributed by atoms with van der Waals surface area (Å²) in [7, 11) is 1.82. The number of fused-ring (bicyclic) bond motifs is 1. The number of nitrogens with one attached hydrogen (secondary N) is 2. The number of aliphatic carboxylic acids is 1. The van der Waals surface area contributed by atoms with Crippen LogP contribution in [0.5, 0.6) is 0 Å². The smallest absolute Gasteiger partial charge is 0.306 e. The van der Waals surface area contributed by atoms with E-state index in [1.807, 2.05) is 31.3 Å². The number of nitrogens with zero attached hydrogens (tertiary/aromatic N) is 1. The van der Waals surface area contributed by atoms with Gasteiger partial charge in [0.2, 0.25) is 5.91 Å². The highest BCUT2D eigenvalue weighted by Gasteiger charge is 2.30. The summed E-state index contributed by atoms with van der Waals surface area (Å²) in [6.45, 7) is 0.415. The van der Waals surface area contributed by atoms with E-state index in [4.69, 9.17) is 5.73 Å². The van der Waals surface area contributed by atoms with Gasteiger partial charge >= 0.3 is 5.97 Å². The highest BCUT2D eigenvalue weighted by Crippen LogP contribution is 2.24. The number of amides is 2. The van der Waals surface area contributed by atoms with E-state index in [0.717, 1.165) is 23.7 Å². The van der Waals surface area contributed by atoms with E-state index in [0.29, 0.717) is 37.9 Å². The number of hydrogen-bond donors (Lipinski definition) is 4. The standard InChI is InChI=1S/C22H30N4O4/c1-26-18-10-3-2-6-14(18)13-19(26)21(28)25-17(9-5-11-23)20(27)24-16-8-4-7-15(12-16)22(29)30/h2-3,6,10,13,15-17H,4-5,7-9,11-12,23H2,1H3,(H,24,27)(H,25,28)(H,29,30)/t15?,16?,17-/m0/s1. The Bertz CT molecular complexity index is 923. The summed E-state index contributed by atoms with van der Waals surface area (Å²) in [6.07, 6.45) is 3.58. The van der Waals surface area contributed by atoms with E-state index < -0.39 is 17.9 Å². The van der Waals surface area contributed by atoms with Crippen LogP contribution in [0.2, 0.25) is 0 Å². The van der Waals surface area contributed by atoms with E-state index in [1.165, 1.54) is 0 Å². The molecule has 2 aromatic rings. The molecule has 0 bridgehead atoms. The lowest BCUT2D eigenvalue weighted by molar-refractivity contribution is -0.143. The van der Waals surface area contributed by atoms with Crippen molar-refractivity contribution < 1.29 is 19.5 Å². The van der Waals surface area contributed by atoms with Gasteiger partial charge in [0.25, 0.3) is 5.91 Å². The number of carbonyl (C=O) groups excluding carboxylic acids is 2. The molecule has 8 heteroatoms. The summed E-state index contributed by atoms with van der Waals surface area (Å²) < 4.78 is 1.81. The molecule has 3 rings (SSSR count). The van der Waals surface area contributed by atoms with Crippen LogP contribution in [0.25, 0.3) is 10.9 Å². The molecule has 1 heterocycles. The number of benzene rings is 1. The molecule has 1 aliphatic rings. The van der Waals surface area contributed by atoms with Crippen LogP contribution in [-0.2, 0) is 16.6 Å². The van der Waals surface area contributed by atoms with Crippen molar-refractivity contribution in [3.63, 3.8) is 0 Å². The van der Waals surface area contributed by atoms with Gasteiger partial charge in [-0.3, -0.25) is 14.4 Å². The summed E-state index contributed by atoms with van der Waals surface area (Å²) in [4.78, 5) is 37.1. The fourth-order valence-electron chi connectivity index (χ4n) is 4.18. The summed E-state index contributed by atoms with van der Waals surface area (Å²) in [6, 6.07) is 8.60. The number of carboxylic acid groups (broad SMARTS) is 1. The lowest BCUT2D eigenvalue weighted by Gasteiger charge is -2.29. The molecule has 5 N–H and O–H groups in total. The van der Waals surface area contributed by atoms with Gasteiger partial charge < -0.3 is 26.0 Å². The zero-order valence-corrected chi connectivity index (χ0v) is 17.3. The molecule has 30 heavy (non-hydrogen) atoms. The molecule has 0 saturated heterocycles. The SMILES string of the molecule is Cn1c(C(=O)N[C@@H](CCCN)C(=O)NC2CCCC(C(=O)O)C2)cc2ccccc21. The average Bonchev–Trinajstić information content (AvgIpc) is 3.08. The molecular formula is C22H30N4O4. The lowest BCUT2D eigenvalue weighted by atomic mass is 9.85. The van der Waals surface area contributed by atoms with Gasteiger partial charge in [-0.05, 0) is 50.8 Å². The van der Waals surface area contributed by atoms with Crippen molar-refractivity contribution in [3.8, 4) is 0 Å². The highest BCUT2D eigenvalue weighted by atomic mass is 16.4. The fourth-order valence-corrected chi connectivity index (χ4v) is 4.18. The van der Waals surface area contributed by atoms with Crippen LogP contribution in [0.15, 0.2) is 30.3 Å². The molecule has 1 fully saturated rings. The first-order valence-corrected chi connectivity index (χ1v) is 10.5. The Balaban J connectivity index is 1.70. The summed E-state index contributed by atoms with van der Waals surface area (Å²) in [5.41, 5.74) is 7.03. The Morgan fingerprint density at radius 1 is 1.27 bits per heavy atom. The lowest BCUT2D eigenvalue weighted by Crippen LogP contribution is -2.51. The Morgan fingerprint density at radius 2 is 2.03 bits per heavy atom. The normalized spacial score (nSPS) is 19.9. The third-order valence-corrected chi connectivity index (χ3v) is 5.87. The molecule has 1 aromatic carbocycles. The number of aromatic nitrogens is 1. The highest BCUT2D eigenvalue weighted by molar-refractivity contribution is 6.00. The van der Waals surface area contributed by atoms with E-state index in [9.17, 15) is 19.5 Å². The van der Waals surface area contributed by atoms with Crippen molar-refractivity contribution in [2.45, 2.75) is 50.6 Å². The zero-order chi connectivity index (χ0) is 21.7. The Morgan fingerprint density at radius 3 is 2.73 bits per heavy atom. The fraction of sp³-hybridized carbons (Fsp3) is 0.500. The molecule has 0 spiro atoms. The number of nitrogens with two attached hydrogens (primary N) is 1. The van der Waals surface area contributed by atoms with E-state index >= 15 is 0 Å². The molecule has 162 valence electrons. The Labute approximate surface area is 175 Å². The third-order valence-electron chi connectivity index (χ3n) is 5.87. The van der Waals surface area contributed by atoms with Crippen molar-refractivity contribution in [3.05, 3.63) is 36.0 Å². The van der Waals surface area contributed by atoms with Gasteiger partial charge in [0.1, 0.15) is 11.7 Å². The van der Waals surface area contributed by atoms with Gasteiger partial charge in [-0.2, -0.15) is 0 Å². The zero-order valence-electron chi connectivity index (χ0n) is 17.3. The maximum absolute atomic E-state index is 12.9. The van der Waals surface area contributed by atoms with Crippen LogP contribution >= 0.6 is 0 Å². The maximum Gasteiger partial charge on any atom is 0.306 e. The maximum atomic E-state index is 12.9. The van der Waals surface area contributed by atoms with Gasteiger partial charge in [0.15, 0.2) is 0 Å². The van der Waals surface area contributed by atoms with Crippen LogP contribution in [0.1, 0.15) is 49.0 Å². The molecule has 0 aliphatic heterocycles. The number of carbonyl (C=O) groups is 3. The molecule has 8 nitrogen and oxygen atoms in total. The van der Waals surface area contributed by atoms with Crippen molar-refractivity contribution in [2.75, 3.05) is 6.54 Å².